The molecule has 0 spiro atoms. The van der Waals surface area contributed by atoms with Gasteiger partial charge in [0.1, 0.15) is 0 Å². The van der Waals surface area contributed by atoms with Crippen molar-refractivity contribution in [3.8, 4) is 0 Å². The number of carbonyl (C=O) groups is 1. The molecule has 1 N–H and O–H groups in total. The molecule has 1 aromatic rings. The molecule has 1 rings (SSSR count). The van der Waals surface area contributed by atoms with E-state index in [9.17, 15) is 4.79 Å². The number of hydrogen-bond donors (Lipinski definition) is 1. The molecule has 0 fully saturated rings. The second-order valence-electron chi connectivity index (χ2n) is 3.56. The number of carboxylic acids is 1. The first-order chi connectivity index (χ1) is 6.50. The van der Waals surface area contributed by atoms with E-state index in [1.54, 1.807) is 0 Å². The van der Waals surface area contributed by atoms with Crippen LogP contribution in [0.15, 0.2) is 0 Å². The number of hydrogen-bond acceptors (Lipinski definition) is 3. The van der Waals surface area contributed by atoms with E-state index in [0.29, 0.717) is 5.92 Å². The van der Waals surface area contributed by atoms with Crippen LogP contribution in [-0.4, -0.2) is 32.9 Å². The number of aromatic carboxylic acids is 1. The van der Waals surface area contributed by atoms with Crippen LogP contribution < -0.4 is 3.80 Å². The zero-order chi connectivity index (χ0) is 10.7. The SMILES string of the molecule is CC(C)CCc1sc([AsH2])nc1C(=O)O. The van der Waals surface area contributed by atoms with Crippen LogP contribution in [0.25, 0.3) is 0 Å². The Labute approximate surface area is 96.1 Å². The van der Waals surface area contributed by atoms with E-state index in [2.05, 4.69) is 18.8 Å². The Hall–Kier alpha value is -0.342. The molecule has 0 saturated carbocycles. The van der Waals surface area contributed by atoms with Crippen LogP contribution in [-0.2, 0) is 6.42 Å². The summed E-state index contributed by atoms with van der Waals surface area (Å²) in [5, 5.41) is 8.90. The molecular formula is C9H14AsNO2S. The van der Waals surface area contributed by atoms with Gasteiger partial charge in [-0.2, -0.15) is 0 Å². The fraction of sp³-hybridized carbons (Fsp3) is 0.556. The Morgan fingerprint density at radius 3 is 2.79 bits per heavy atom. The molecule has 0 aromatic carbocycles. The number of carboxylic acid groups (broad SMARTS) is 1. The molecule has 0 aliphatic carbocycles. The monoisotopic (exact) mass is 275 g/mol. The molecule has 0 amide bonds. The minimum absolute atomic E-state index is 0.259. The zero-order valence-corrected chi connectivity index (χ0v) is 11.5. The van der Waals surface area contributed by atoms with E-state index < -0.39 is 5.97 Å². The van der Waals surface area contributed by atoms with E-state index in [-0.39, 0.29) is 5.69 Å². The van der Waals surface area contributed by atoms with Crippen molar-refractivity contribution >= 4 is 38.0 Å². The van der Waals surface area contributed by atoms with Gasteiger partial charge < -0.3 is 0 Å². The van der Waals surface area contributed by atoms with Crippen molar-refractivity contribution in [2.45, 2.75) is 26.7 Å². The first-order valence-corrected chi connectivity index (χ1v) is 6.52. The van der Waals surface area contributed by atoms with Crippen molar-refractivity contribution in [2.24, 2.45) is 5.92 Å². The van der Waals surface area contributed by atoms with Gasteiger partial charge in [-0.25, -0.2) is 0 Å². The number of rotatable bonds is 4. The minimum atomic E-state index is -0.899. The summed E-state index contributed by atoms with van der Waals surface area (Å²) in [7, 11) is 0. The van der Waals surface area contributed by atoms with Crippen LogP contribution in [0.2, 0.25) is 0 Å². The van der Waals surface area contributed by atoms with Gasteiger partial charge in [0.2, 0.25) is 0 Å². The Kier molecular flexibility index (Phi) is 4.14. The topological polar surface area (TPSA) is 50.2 Å². The Morgan fingerprint density at radius 1 is 1.64 bits per heavy atom. The summed E-state index contributed by atoms with van der Waals surface area (Å²) < 4.78 is 0.897. The van der Waals surface area contributed by atoms with Crippen LogP contribution in [0.1, 0.15) is 35.6 Å². The molecule has 5 heteroatoms. The summed E-state index contributed by atoms with van der Waals surface area (Å²) in [5.74, 6) is -0.298. The number of nitrogens with zero attached hydrogens (tertiary/aromatic N) is 1. The molecule has 1 aromatic heterocycles. The number of aromatic nitrogens is 1. The molecular weight excluding hydrogens is 261 g/mol. The van der Waals surface area contributed by atoms with Gasteiger partial charge in [-0.1, -0.05) is 0 Å². The van der Waals surface area contributed by atoms with E-state index >= 15 is 0 Å². The standard InChI is InChI=1S/C9H14AsNO2S/c1-5(2)3-4-6-7(8(12)13)11-9(10)14-6/h5H,3-4,10H2,1-2H3,(H,12,13). The molecule has 3 nitrogen and oxygen atoms in total. The third-order valence-electron chi connectivity index (χ3n) is 1.87. The first kappa shape index (κ1) is 11.7. The van der Waals surface area contributed by atoms with Gasteiger partial charge in [0.25, 0.3) is 0 Å². The Balaban J connectivity index is 2.79. The van der Waals surface area contributed by atoms with Gasteiger partial charge in [0.15, 0.2) is 0 Å². The van der Waals surface area contributed by atoms with Crippen molar-refractivity contribution in [3.63, 3.8) is 0 Å². The van der Waals surface area contributed by atoms with Crippen molar-refractivity contribution < 1.29 is 9.90 Å². The van der Waals surface area contributed by atoms with Crippen molar-refractivity contribution in [2.75, 3.05) is 0 Å². The van der Waals surface area contributed by atoms with E-state index in [0.717, 1.165) is 21.5 Å². The van der Waals surface area contributed by atoms with Crippen molar-refractivity contribution in [1.82, 2.24) is 4.98 Å². The molecule has 1 atom stereocenters. The average molecular weight is 275 g/mol. The Morgan fingerprint density at radius 2 is 2.29 bits per heavy atom. The summed E-state index contributed by atoms with van der Waals surface area (Å²) in [4.78, 5) is 15.8. The van der Waals surface area contributed by atoms with Gasteiger partial charge in [-0.05, 0) is 0 Å². The predicted molar refractivity (Wildman–Crippen MR) is 60.4 cm³/mol. The van der Waals surface area contributed by atoms with Gasteiger partial charge >= 0.3 is 96.0 Å². The second-order valence-corrected chi connectivity index (χ2v) is 6.70. The molecule has 1 heterocycles. The predicted octanol–water partition coefficient (Wildman–Crippen LogP) is 0.688. The Bertz CT molecular complexity index is 336. The summed E-state index contributed by atoms with van der Waals surface area (Å²) in [6.07, 6.45) is 1.86. The van der Waals surface area contributed by atoms with Gasteiger partial charge in [-0.3, -0.25) is 0 Å². The molecule has 0 bridgehead atoms. The fourth-order valence-corrected chi connectivity index (χ4v) is 3.13. The maximum absolute atomic E-state index is 10.8. The van der Waals surface area contributed by atoms with Gasteiger partial charge in [0, 0.05) is 0 Å². The van der Waals surface area contributed by atoms with Crippen LogP contribution in [0.3, 0.4) is 0 Å². The van der Waals surface area contributed by atoms with Crippen LogP contribution >= 0.6 is 11.3 Å². The normalized spacial score (nSPS) is 10.9. The summed E-state index contributed by atoms with van der Waals surface area (Å²) >= 11 is 2.91. The number of aryl methyl sites for hydroxylation is 1. The average Bonchev–Trinajstić information content (AvgIpc) is 2.43. The van der Waals surface area contributed by atoms with E-state index in [1.807, 2.05) is 0 Å². The summed E-state index contributed by atoms with van der Waals surface area (Å²) in [6, 6.07) is 0. The molecule has 0 saturated heterocycles. The van der Waals surface area contributed by atoms with Crippen LogP contribution in [0.5, 0.6) is 0 Å². The van der Waals surface area contributed by atoms with Crippen LogP contribution in [0.4, 0.5) is 0 Å². The van der Waals surface area contributed by atoms with Gasteiger partial charge in [-0.15, -0.1) is 0 Å². The summed E-state index contributed by atoms with van der Waals surface area (Å²) in [6.45, 7) is 4.27. The zero-order valence-electron chi connectivity index (χ0n) is 8.28. The maximum atomic E-state index is 10.8. The van der Waals surface area contributed by atoms with Crippen LogP contribution in [0, 0.1) is 5.92 Å². The van der Waals surface area contributed by atoms with Gasteiger partial charge in [0.05, 0.1) is 0 Å². The number of thiazole rings is 1. The van der Waals surface area contributed by atoms with Crippen molar-refractivity contribution in [1.29, 1.82) is 0 Å². The molecule has 14 heavy (non-hydrogen) atoms. The molecule has 78 valence electrons. The van der Waals surface area contributed by atoms with E-state index in [4.69, 9.17) is 5.11 Å². The second kappa shape index (κ2) is 4.94. The first-order valence-electron chi connectivity index (χ1n) is 4.49. The molecule has 1 unspecified atom stereocenters. The summed E-state index contributed by atoms with van der Waals surface area (Å²) in [5.41, 5.74) is 0.259. The molecule has 0 radical (unpaired) electrons. The fourth-order valence-electron chi connectivity index (χ4n) is 1.13. The quantitative estimate of drug-likeness (QED) is 0.822. The molecule has 0 aliphatic heterocycles. The third kappa shape index (κ3) is 3.10. The molecule has 0 aliphatic rings. The van der Waals surface area contributed by atoms with E-state index in [1.165, 1.54) is 28.2 Å². The third-order valence-corrected chi connectivity index (χ3v) is 3.82. The van der Waals surface area contributed by atoms with Crippen molar-refractivity contribution in [3.05, 3.63) is 10.6 Å².